The molecule has 0 amide bonds. The monoisotopic (exact) mass is 361 g/mol. The summed E-state index contributed by atoms with van der Waals surface area (Å²) in [6, 6.07) is 11.4. The Labute approximate surface area is 156 Å². The Hall–Kier alpha value is -1.46. The Morgan fingerprint density at radius 1 is 1.00 bits per heavy atom. The molecule has 136 valence electrons. The lowest BCUT2D eigenvalue weighted by Gasteiger charge is -2.36. The molecule has 2 heterocycles. The Kier molecular flexibility index (Phi) is 6.07. The van der Waals surface area contributed by atoms with E-state index in [0.29, 0.717) is 6.04 Å². The molecule has 1 aliphatic carbocycles. The van der Waals surface area contributed by atoms with Crippen molar-refractivity contribution in [3.05, 3.63) is 41.7 Å². The van der Waals surface area contributed by atoms with Gasteiger partial charge in [0.15, 0.2) is 5.82 Å². The number of aromatic nitrogens is 4. The highest BCUT2D eigenvalue weighted by atomic mass is 35.5. The van der Waals surface area contributed by atoms with Crippen LogP contribution in [-0.2, 0) is 0 Å². The fourth-order valence-corrected chi connectivity index (χ4v) is 4.23. The van der Waals surface area contributed by atoms with E-state index in [-0.39, 0.29) is 18.4 Å². The van der Waals surface area contributed by atoms with E-state index >= 15 is 0 Å². The Balaban J connectivity index is 0.00000182. The van der Waals surface area contributed by atoms with Crippen LogP contribution >= 0.6 is 12.4 Å². The summed E-state index contributed by atoms with van der Waals surface area (Å²) in [7, 11) is 0. The van der Waals surface area contributed by atoms with Gasteiger partial charge in [0.1, 0.15) is 0 Å². The van der Waals surface area contributed by atoms with Crippen molar-refractivity contribution in [1.29, 1.82) is 0 Å². The molecule has 4 rings (SSSR count). The van der Waals surface area contributed by atoms with Crippen molar-refractivity contribution in [2.45, 2.75) is 57.5 Å². The van der Waals surface area contributed by atoms with E-state index in [2.05, 4.69) is 62.4 Å². The SMILES string of the molecule is CC1CCN(C(c2ccccc2)c2nnnn2C2CCCC2)CC1.Cl. The van der Waals surface area contributed by atoms with E-state index in [1.807, 2.05) is 0 Å². The van der Waals surface area contributed by atoms with Gasteiger partial charge in [0.2, 0.25) is 0 Å². The van der Waals surface area contributed by atoms with Gasteiger partial charge in [0, 0.05) is 0 Å². The summed E-state index contributed by atoms with van der Waals surface area (Å²) in [6.45, 7) is 4.61. The third-order valence-corrected chi connectivity index (χ3v) is 5.73. The van der Waals surface area contributed by atoms with Crippen LogP contribution in [0.3, 0.4) is 0 Å². The zero-order chi connectivity index (χ0) is 16.4. The molecule has 0 spiro atoms. The van der Waals surface area contributed by atoms with Crippen LogP contribution in [0.25, 0.3) is 0 Å². The summed E-state index contributed by atoms with van der Waals surface area (Å²) < 4.78 is 2.13. The number of tetrazole rings is 1. The molecule has 1 saturated carbocycles. The van der Waals surface area contributed by atoms with Gasteiger partial charge in [-0.2, -0.15) is 0 Å². The van der Waals surface area contributed by atoms with Gasteiger partial charge in [0.05, 0.1) is 12.1 Å². The molecule has 2 aromatic rings. The van der Waals surface area contributed by atoms with Crippen molar-refractivity contribution in [2.75, 3.05) is 13.1 Å². The smallest absolute Gasteiger partial charge is 0.173 e. The summed E-state index contributed by atoms with van der Waals surface area (Å²) in [4.78, 5) is 2.58. The molecule has 2 aliphatic rings. The maximum absolute atomic E-state index is 4.49. The second-order valence-electron chi connectivity index (χ2n) is 7.45. The number of likely N-dealkylation sites (tertiary alicyclic amines) is 1. The molecule has 0 bridgehead atoms. The van der Waals surface area contributed by atoms with Gasteiger partial charge >= 0.3 is 0 Å². The number of rotatable bonds is 4. The van der Waals surface area contributed by atoms with Crippen molar-refractivity contribution in [3.8, 4) is 0 Å². The summed E-state index contributed by atoms with van der Waals surface area (Å²) in [5, 5.41) is 12.9. The fraction of sp³-hybridized carbons (Fsp3) is 0.632. The van der Waals surface area contributed by atoms with E-state index in [9.17, 15) is 0 Å². The predicted molar refractivity (Wildman–Crippen MR) is 101 cm³/mol. The number of hydrogen-bond acceptors (Lipinski definition) is 4. The minimum absolute atomic E-state index is 0. The van der Waals surface area contributed by atoms with Crippen LogP contribution in [0.15, 0.2) is 30.3 Å². The highest BCUT2D eigenvalue weighted by Crippen LogP contribution is 2.35. The number of hydrogen-bond donors (Lipinski definition) is 0. The quantitative estimate of drug-likeness (QED) is 0.824. The van der Waals surface area contributed by atoms with Gasteiger partial charge in [-0.15, -0.1) is 17.5 Å². The average Bonchev–Trinajstić information content (AvgIpc) is 3.29. The minimum Gasteiger partial charge on any atom is -0.290 e. The van der Waals surface area contributed by atoms with Gasteiger partial charge in [-0.3, -0.25) is 4.90 Å². The molecule has 6 heteroatoms. The molecule has 1 unspecified atom stereocenters. The zero-order valence-electron chi connectivity index (χ0n) is 14.9. The highest BCUT2D eigenvalue weighted by molar-refractivity contribution is 5.85. The Morgan fingerprint density at radius 2 is 1.68 bits per heavy atom. The first kappa shape index (κ1) is 18.3. The molecule has 1 atom stereocenters. The third-order valence-electron chi connectivity index (χ3n) is 5.73. The maximum Gasteiger partial charge on any atom is 0.173 e. The molecule has 0 radical (unpaired) electrons. The molecule has 1 aromatic carbocycles. The van der Waals surface area contributed by atoms with Crippen molar-refractivity contribution in [2.24, 2.45) is 5.92 Å². The van der Waals surface area contributed by atoms with Crippen LogP contribution in [0.1, 0.15) is 68.9 Å². The molecule has 1 saturated heterocycles. The standard InChI is InChI=1S/C19H27N5.ClH/c1-15-11-13-23(14-12-15)18(16-7-3-2-4-8-16)19-20-21-22-24(19)17-9-5-6-10-17;/h2-4,7-8,15,17-18H,5-6,9-14H2,1H3;1H. The van der Waals surface area contributed by atoms with E-state index in [1.54, 1.807) is 0 Å². The van der Waals surface area contributed by atoms with Gasteiger partial charge in [-0.1, -0.05) is 50.1 Å². The largest absolute Gasteiger partial charge is 0.290 e. The van der Waals surface area contributed by atoms with Crippen LogP contribution in [0.5, 0.6) is 0 Å². The Morgan fingerprint density at radius 3 is 2.36 bits per heavy atom. The summed E-state index contributed by atoms with van der Waals surface area (Å²) in [5.41, 5.74) is 1.31. The number of halogens is 1. The zero-order valence-corrected chi connectivity index (χ0v) is 15.7. The first-order valence-electron chi connectivity index (χ1n) is 9.39. The summed E-state index contributed by atoms with van der Waals surface area (Å²) >= 11 is 0. The van der Waals surface area contributed by atoms with Gasteiger partial charge < -0.3 is 0 Å². The topological polar surface area (TPSA) is 46.8 Å². The first-order chi connectivity index (χ1) is 11.8. The molecule has 1 aromatic heterocycles. The lowest BCUT2D eigenvalue weighted by Crippen LogP contribution is -2.38. The van der Waals surface area contributed by atoms with Crippen molar-refractivity contribution >= 4 is 12.4 Å². The van der Waals surface area contributed by atoms with Crippen LogP contribution in [-0.4, -0.2) is 38.2 Å². The molecule has 0 N–H and O–H groups in total. The van der Waals surface area contributed by atoms with E-state index in [1.165, 1.54) is 44.1 Å². The molecular formula is C19H28ClN5. The lowest BCUT2D eigenvalue weighted by atomic mass is 9.95. The highest BCUT2D eigenvalue weighted by Gasteiger charge is 2.32. The Bertz CT molecular complexity index is 645. The van der Waals surface area contributed by atoms with E-state index < -0.39 is 0 Å². The van der Waals surface area contributed by atoms with E-state index in [4.69, 9.17) is 0 Å². The van der Waals surface area contributed by atoms with Crippen LogP contribution < -0.4 is 0 Å². The van der Waals surface area contributed by atoms with Crippen molar-refractivity contribution in [1.82, 2.24) is 25.1 Å². The van der Waals surface area contributed by atoms with Gasteiger partial charge in [-0.25, -0.2) is 4.68 Å². The van der Waals surface area contributed by atoms with Crippen LogP contribution in [0.2, 0.25) is 0 Å². The second-order valence-corrected chi connectivity index (χ2v) is 7.45. The van der Waals surface area contributed by atoms with Crippen molar-refractivity contribution < 1.29 is 0 Å². The summed E-state index contributed by atoms with van der Waals surface area (Å²) in [5.74, 6) is 1.85. The first-order valence-corrected chi connectivity index (χ1v) is 9.39. The molecule has 2 fully saturated rings. The summed E-state index contributed by atoms with van der Waals surface area (Å²) in [6.07, 6.45) is 7.51. The molecule has 1 aliphatic heterocycles. The van der Waals surface area contributed by atoms with Gasteiger partial charge in [-0.05, 0) is 60.7 Å². The van der Waals surface area contributed by atoms with Crippen molar-refractivity contribution in [3.63, 3.8) is 0 Å². The van der Waals surface area contributed by atoms with E-state index in [0.717, 1.165) is 24.8 Å². The average molecular weight is 362 g/mol. The maximum atomic E-state index is 4.49. The van der Waals surface area contributed by atoms with Gasteiger partial charge in [0.25, 0.3) is 0 Å². The predicted octanol–water partition coefficient (Wildman–Crippen LogP) is 4.03. The number of benzene rings is 1. The number of piperidine rings is 1. The normalized spacial score (nSPS) is 21.2. The molecule has 25 heavy (non-hydrogen) atoms. The second kappa shape index (κ2) is 8.28. The lowest BCUT2D eigenvalue weighted by molar-refractivity contribution is 0.148. The molecular weight excluding hydrogens is 334 g/mol. The van der Waals surface area contributed by atoms with Crippen LogP contribution in [0.4, 0.5) is 0 Å². The molecule has 5 nitrogen and oxygen atoms in total. The third kappa shape index (κ3) is 3.87. The van der Waals surface area contributed by atoms with Crippen LogP contribution in [0, 0.1) is 5.92 Å². The number of nitrogens with zero attached hydrogens (tertiary/aromatic N) is 5. The minimum atomic E-state index is 0. The fourth-order valence-electron chi connectivity index (χ4n) is 4.23.